The van der Waals surface area contributed by atoms with E-state index in [1.807, 2.05) is 18.0 Å². The van der Waals surface area contributed by atoms with E-state index in [0.717, 1.165) is 4.57 Å². The number of amides is 1. The number of fused-ring (bicyclic) bond motifs is 5. The van der Waals surface area contributed by atoms with E-state index in [-0.39, 0.29) is 31.5 Å². The van der Waals surface area contributed by atoms with Crippen LogP contribution in [0, 0.1) is 0 Å². The summed E-state index contributed by atoms with van der Waals surface area (Å²) in [5.74, 6) is -2.54. The molecule has 7 rings (SSSR count). The van der Waals surface area contributed by atoms with Gasteiger partial charge in [0.1, 0.15) is 11.5 Å². The summed E-state index contributed by atoms with van der Waals surface area (Å²) >= 11 is 0. The summed E-state index contributed by atoms with van der Waals surface area (Å²) < 4.78 is 53.0. The van der Waals surface area contributed by atoms with Gasteiger partial charge in [0.2, 0.25) is 0 Å². The predicted octanol–water partition coefficient (Wildman–Crippen LogP) is 3.68. The van der Waals surface area contributed by atoms with Crippen LogP contribution in [0.4, 0.5) is 26.0 Å². The predicted molar refractivity (Wildman–Crippen MR) is 140 cm³/mol. The molecule has 194 valence electrons. The van der Waals surface area contributed by atoms with Crippen LogP contribution in [0.1, 0.15) is 32.1 Å². The molecule has 0 aliphatic carbocycles. The molecule has 1 fully saturated rings. The lowest BCUT2D eigenvalue weighted by Gasteiger charge is -2.25. The topological polar surface area (TPSA) is 91.2 Å². The molecule has 2 N–H and O–H groups in total. The first-order valence-electron chi connectivity index (χ1n) is 13.9. The van der Waals surface area contributed by atoms with Crippen LogP contribution in [0.3, 0.4) is 0 Å². The Morgan fingerprint density at radius 1 is 1.24 bits per heavy atom. The number of aryl methyl sites for hydroxylation is 1. The molecule has 4 aromatic heterocycles. The lowest BCUT2D eigenvalue weighted by atomic mass is 10.0. The number of halogens is 2. The van der Waals surface area contributed by atoms with Gasteiger partial charge in [-0.25, -0.2) is 18.7 Å². The average molecular weight is 520 g/mol. The molecule has 4 aromatic rings. The van der Waals surface area contributed by atoms with E-state index >= 15 is 0 Å². The van der Waals surface area contributed by atoms with Crippen molar-refractivity contribution in [2.45, 2.75) is 31.5 Å². The minimum Gasteiger partial charge on any atom is -0.359 e. The summed E-state index contributed by atoms with van der Waals surface area (Å²) in [6, 6.07) is 6.70. The second kappa shape index (κ2) is 8.19. The fraction of sp³-hybridized carbons (Fsp3) is 0.333. The van der Waals surface area contributed by atoms with Crippen molar-refractivity contribution in [3.05, 3.63) is 59.7 Å². The van der Waals surface area contributed by atoms with Gasteiger partial charge in [-0.3, -0.25) is 14.7 Å². The van der Waals surface area contributed by atoms with Gasteiger partial charge in [0.15, 0.2) is 0 Å². The summed E-state index contributed by atoms with van der Waals surface area (Å²) in [5, 5.41) is 6.70. The molecular formula is C27H26F2N8O. The molecule has 1 saturated heterocycles. The Balaban J connectivity index is 1.26. The van der Waals surface area contributed by atoms with Gasteiger partial charge in [0.05, 0.1) is 41.1 Å². The number of pyridine rings is 3. The third-order valence-electron chi connectivity index (χ3n) is 7.52. The molecule has 3 aliphatic rings. The number of likely N-dealkylation sites (N-methyl/N-ethyl adjacent to an activating group) is 1. The summed E-state index contributed by atoms with van der Waals surface area (Å²) in [6.07, 6.45) is 4.38. The molecule has 0 spiro atoms. The zero-order chi connectivity index (χ0) is 28.7. The minimum atomic E-state index is -2.74. The van der Waals surface area contributed by atoms with Crippen LogP contribution >= 0.6 is 0 Å². The molecule has 3 aliphatic heterocycles. The van der Waals surface area contributed by atoms with Crippen LogP contribution < -0.4 is 15.5 Å². The summed E-state index contributed by atoms with van der Waals surface area (Å²) in [6.45, 7) is -1.44. The SMILES string of the molecule is [2H]C([2H])([2H])n1ccc2c(-c3ncc(Nc4ccc5c(n4)CN(C)CC4CC(F)(F)CN54)c4c3CNC4=O)ccnc21. The van der Waals surface area contributed by atoms with Crippen molar-refractivity contribution < 1.29 is 17.7 Å². The number of alkyl halides is 2. The van der Waals surface area contributed by atoms with Crippen LogP contribution in [-0.4, -0.2) is 62.4 Å². The van der Waals surface area contributed by atoms with E-state index in [1.54, 1.807) is 29.3 Å². The number of aromatic nitrogens is 4. The van der Waals surface area contributed by atoms with E-state index in [1.165, 1.54) is 12.4 Å². The number of rotatable bonds is 3. The van der Waals surface area contributed by atoms with Crippen molar-refractivity contribution in [1.29, 1.82) is 0 Å². The van der Waals surface area contributed by atoms with Crippen LogP contribution in [0.15, 0.2) is 42.9 Å². The van der Waals surface area contributed by atoms with Gasteiger partial charge in [0, 0.05) is 72.1 Å². The Kier molecular flexibility index (Phi) is 4.29. The highest BCUT2D eigenvalue weighted by Crippen LogP contribution is 2.40. The van der Waals surface area contributed by atoms with E-state index in [0.29, 0.717) is 69.4 Å². The monoisotopic (exact) mass is 519 g/mol. The fourth-order valence-corrected chi connectivity index (χ4v) is 5.91. The Morgan fingerprint density at radius 2 is 2.13 bits per heavy atom. The molecule has 1 amide bonds. The Hall–Kier alpha value is -4.12. The van der Waals surface area contributed by atoms with E-state index < -0.39 is 12.9 Å². The van der Waals surface area contributed by atoms with Crippen LogP contribution in [0.2, 0.25) is 0 Å². The maximum atomic E-state index is 14.3. The van der Waals surface area contributed by atoms with Crippen LogP contribution in [0.25, 0.3) is 22.3 Å². The average Bonchev–Trinajstić information content (AvgIpc) is 3.57. The largest absolute Gasteiger partial charge is 0.359 e. The molecule has 0 aromatic carbocycles. The van der Waals surface area contributed by atoms with Crippen molar-refractivity contribution in [1.82, 2.24) is 29.7 Å². The molecule has 38 heavy (non-hydrogen) atoms. The summed E-state index contributed by atoms with van der Waals surface area (Å²) in [4.78, 5) is 30.5. The van der Waals surface area contributed by atoms with Gasteiger partial charge in [-0.2, -0.15) is 0 Å². The zero-order valence-corrected chi connectivity index (χ0v) is 20.5. The van der Waals surface area contributed by atoms with Crippen molar-refractivity contribution in [3.63, 3.8) is 0 Å². The number of nitrogens with one attached hydrogen (secondary N) is 2. The maximum absolute atomic E-state index is 14.3. The van der Waals surface area contributed by atoms with Crippen molar-refractivity contribution in [3.8, 4) is 11.3 Å². The van der Waals surface area contributed by atoms with Gasteiger partial charge in [0.25, 0.3) is 11.8 Å². The standard InChI is InChI=1S/C27H26F2N8O/c1-35-12-15-9-27(28,29)14-37(15)21-3-4-22(34-20(21)13-35)33-19-11-31-24(18-10-32-26(38)23(18)19)16-5-7-30-25-17(16)6-8-36(25)2/h3-8,11,15H,9-10,12-14H2,1-2H3,(H,32,38)(H,33,34)/i2D3. The molecule has 0 bridgehead atoms. The second-order valence-electron chi connectivity index (χ2n) is 10.2. The third kappa shape index (κ3) is 3.60. The smallest absolute Gasteiger partial charge is 0.267 e. The molecule has 1 unspecified atom stereocenters. The van der Waals surface area contributed by atoms with Crippen molar-refractivity contribution >= 4 is 34.1 Å². The molecule has 1 atom stereocenters. The molecule has 0 saturated carbocycles. The minimum absolute atomic E-state index is 0.180. The van der Waals surface area contributed by atoms with E-state index in [9.17, 15) is 13.6 Å². The summed E-state index contributed by atoms with van der Waals surface area (Å²) in [7, 11) is 1.90. The molecular weight excluding hydrogens is 490 g/mol. The van der Waals surface area contributed by atoms with E-state index in [4.69, 9.17) is 9.10 Å². The van der Waals surface area contributed by atoms with Gasteiger partial charge >= 0.3 is 0 Å². The Labute approximate surface area is 221 Å². The van der Waals surface area contributed by atoms with Gasteiger partial charge in [-0.15, -0.1) is 0 Å². The Bertz CT molecular complexity index is 1720. The molecule has 7 heterocycles. The first-order valence-corrected chi connectivity index (χ1v) is 12.4. The zero-order valence-electron chi connectivity index (χ0n) is 23.5. The third-order valence-corrected chi connectivity index (χ3v) is 7.52. The fourth-order valence-electron chi connectivity index (χ4n) is 5.91. The molecule has 0 radical (unpaired) electrons. The lowest BCUT2D eigenvalue weighted by Crippen LogP contribution is -2.35. The van der Waals surface area contributed by atoms with Crippen molar-refractivity contribution in [2.24, 2.45) is 6.98 Å². The number of hydrogen-bond acceptors (Lipinski definition) is 7. The van der Waals surface area contributed by atoms with Gasteiger partial charge in [-0.1, -0.05) is 0 Å². The first kappa shape index (κ1) is 19.9. The van der Waals surface area contributed by atoms with Gasteiger partial charge < -0.3 is 20.1 Å². The van der Waals surface area contributed by atoms with Crippen molar-refractivity contribution in [2.75, 3.05) is 30.4 Å². The normalized spacial score (nSPS) is 21.7. The summed E-state index contributed by atoms with van der Waals surface area (Å²) in [5.41, 5.74) is 4.45. The highest BCUT2D eigenvalue weighted by atomic mass is 19.3. The second-order valence-corrected chi connectivity index (χ2v) is 10.2. The molecule has 9 nitrogen and oxygen atoms in total. The highest BCUT2D eigenvalue weighted by molar-refractivity contribution is 6.06. The quantitative estimate of drug-likeness (QED) is 0.427. The number of anilines is 3. The van der Waals surface area contributed by atoms with E-state index in [2.05, 4.69) is 20.6 Å². The highest BCUT2D eigenvalue weighted by Gasteiger charge is 2.47. The van der Waals surface area contributed by atoms with Crippen LogP contribution in [-0.2, 0) is 20.1 Å². The number of carbonyl (C=O) groups is 1. The molecule has 11 heteroatoms. The lowest BCUT2D eigenvalue weighted by molar-refractivity contribution is 0.0210. The number of hydrogen-bond donors (Lipinski definition) is 2. The number of nitrogens with zero attached hydrogens (tertiary/aromatic N) is 6. The van der Waals surface area contributed by atoms with Gasteiger partial charge in [-0.05, 0) is 31.3 Å². The van der Waals surface area contributed by atoms with Crippen LogP contribution in [0.5, 0.6) is 0 Å². The Morgan fingerprint density at radius 3 is 3.00 bits per heavy atom. The number of carbonyl (C=O) groups excluding carboxylic acids is 1. The maximum Gasteiger partial charge on any atom is 0.267 e. The first-order chi connectivity index (χ1) is 19.5.